The van der Waals surface area contributed by atoms with Crippen molar-refractivity contribution in [3.8, 4) is 0 Å². The molecule has 0 N–H and O–H groups in total. The van der Waals surface area contributed by atoms with Crippen molar-refractivity contribution < 1.29 is 0 Å². The van der Waals surface area contributed by atoms with Crippen LogP contribution >= 0.6 is 11.8 Å². The van der Waals surface area contributed by atoms with Gasteiger partial charge in [0.2, 0.25) is 0 Å². The Morgan fingerprint density at radius 3 is 2.27 bits per heavy atom. The minimum absolute atomic E-state index is 0.890. The van der Waals surface area contributed by atoms with Crippen molar-refractivity contribution in [2.24, 2.45) is 0 Å². The van der Waals surface area contributed by atoms with Crippen molar-refractivity contribution >= 4 is 11.8 Å². The van der Waals surface area contributed by atoms with E-state index in [0.29, 0.717) is 0 Å². The summed E-state index contributed by atoms with van der Waals surface area (Å²) in [5.74, 6) is 1.36. The van der Waals surface area contributed by atoms with E-state index in [4.69, 9.17) is 0 Å². The smallest absolute Gasteiger partial charge is 0.00187 e. The third-order valence-electron chi connectivity index (χ3n) is 1.86. The largest absolute Gasteiger partial charge is 0.159 e. The summed E-state index contributed by atoms with van der Waals surface area (Å²) in [5.41, 5.74) is 0. The highest BCUT2D eigenvalue weighted by Crippen LogP contribution is 2.17. The molecule has 1 atom stereocenters. The molecule has 0 nitrogen and oxygen atoms in total. The van der Waals surface area contributed by atoms with Crippen LogP contribution in [0.25, 0.3) is 0 Å². The molecule has 0 aliphatic carbocycles. The molecule has 1 heteroatoms. The fourth-order valence-electron chi connectivity index (χ4n) is 1.00. The zero-order chi connectivity index (χ0) is 8.53. The van der Waals surface area contributed by atoms with Crippen molar-refractivity contribution in [1.29, 1.82) is 0 Å². The Bertz CT molecular complexity index is 71.3. The summed E-state index contributed by atoms with van der Waals surface area (Å²) < 4.78 is 0. The van der Waals surface area contributed by atoms with Crippen molar-refractivity contribution in [2.45, 2.75) is 58.1 Å². The Balaban J connectivity index is 3.02. The highest BCUT2D eigenvalue weighted by molar-refractivity contribution is 7.99. The molecule has 1 unspecified atom stereocenters. The maximum absolute atomic E-state index is 2.36. The van der Waals surface area contributed by atoms with Gasteiger partial charge in [0.1, 0.15) is 0 Å². The van der Waals surface area contributed by atoms with E-state index >= 15 is 0 Å². The fraction of sp³-hybridized carbons (Fsp3) is 1.00. The van der Waals surface area contributed by atoms with E-state index in [9.17, 15) is 0 Å². The van der Waals surface area contributed by atoms with Gasteiger partial charge in [-0.2, -0.15) is 11.8 Å². The van der Waals surface area contributed by atoms with Crippen molar-refractivity contribution in [3.05, 3.63) is 0 Å². The monoisotopic (exact) mass is 174 g/mol. The minimum Gasteiger partial charge on any atom is -0.159 e. The van der Waals surface area contributed by atoms with Gasteiger partial charge in [-0.05, 0) is 18.6 Å². The Morgan fingerprint density at radius 1 is 1.09 bits per heavy atom. The van der Waals surface area contributed by atoms with Gasteiger partial charge in [0, 0.05) is 5.25 Å². The molecule has 0 fully saturated rings. The van der Waals surface area contributed by atoms with E-state index in [-0.39, 0.29) is 0 Å². The van der Waals surface area contributed by atoms with Gasteiger partial charge in [0.15, 0.2) is 0 Å². The fourth-order valence-corrected chi connectivity index (χ4v) is 2.19. The molecule has 0 bridgehead atoms. The summed E-state index contributed by atoms with van der Waals surface area (Å²) in [6, 6.07) is 0. The predicted molar refractivity (Wildman–Crippen MR) is 56.4 cm³/mol. The molecular formula is C10H22S. The molecule has 0 aliphatic heterocycles. The van der Waals surface area contributed by atoms with E-state index in [0.717, 1.165) is 5.25 Å². The van der Waals surface area contributed by atoms with E-state index in [1.54, 1.807) is 0 Å². The van der Waals surface area contributed by atoms with Gasteiger partial charge in [0.25, 0.3) is 0 Å². The minimum atomic E-state index is 0.890. The van der Waals surface area contributed by atoms with Crippen LogP contribution in [-0.2, 0) is 0 Å². The quantitative estimate of drug-likeness (QED) is 0.524. The second-order valence-electron chi connectivity index (χ2n) is 3.18. The second kappa shape index (κ2) is 8.45. The van der Waals surface area contributed by atoms with Crippen LogP contribution in [0, 0.1) is 0 Å². The molecule has 0 aromatic rings. The van der Waals surface area contributed by atoms with Crippen molar-refractivity contribution in [3.63, 3.8) is 0 Å². The van der Waals surface area contributed by atoms with Crippen LogP contribution in [-0.4, -0.2) is 11.0 Å². The molecule has 0 spiro atoms. The van der Waals surface area contributed by atoms with E-state index < -0.39 is 0 Å². The third-order valence-corrected chi connectivity index (χ3v) is 3.19. The molecule has 0 saturated carbocycles. The molecular weight excluding hydrogens is 152 g/mol. The highest BCUT2D eigenvalue weighted by atomic mass is 32.2. The van der Waals surface area contributed by atoms with Gasteiger partial charge >= 0.3 is 0 Å². The van der Waals surface area contributed by atoms with Gasteiger partial charge in [-0.3, -0.25) is 0 Å². The maximum Gasteiger partial charge on any atom is 0.00187 e. The van der Waals surface area contributed by atoms with E-state index in [1.165, 1.54) is 37.9 Å². The Kier molecular flexibility index (Phi) is 8.72. The summed E-state index contributed by atoms with van der Waals surface area (Å²) in [5, 5.41) is 0.890. The second-order valence-corrected chi connectivity index (χ2v) is 4.72. The van der Waals surface area contributed by atoms with Crippen molar-refractivity contribution in [2.75, 3.05) is 5.75 Å². The molecule has 0 aliphatic rings. The highest BCUT2D eigenvalue weighted by Gasteiger charge is 1.99. The molecule has 0 saturated heterocycles. The summed E-state index contributed by atoms with van der Waals surface area (Å²) in [6.07, 6.45) is 6.89. The first-order valence-corrected chi connectivity index (χ1v) is 5.97. The summed E-state index contributed by atoms with van der Waals surface area (Å²) in [4.78, 5) is 0. The van der Waals surface area contributed by atoms with Crippen LogP contribution in [0.5, 0.6) is 0 Å². The van der Waals surface area contributed by atoms with Crippen LogP contribution in [0.4, 0.5) is 0 Å². The van der Waals surface area contributed by atoms with Crippen LogP contribution in [0.3, 0.4) is 0 Å². The zero-order valence-electron chi connectivity index (χ0n) is 8.23. The Morgan fingerprint density at radius 2 is 1.73 bits per heavy atom. The molecule has 0 radical (unpaired) electrons. The zero-order valence-corrected chi connectivity index (χ0v) is 9.04. The van der Waals surface area contributed by atoms with Crippen LogP contribution in [0.1, 0.15) is 52.9 Å². The van der Waals surface area contributed by atoms with E-state index in [2.05, 4.69) is 32.5 Å². The molecule has 0 amide bonds. The maximum atomic E-state index is 2.36. The summed E-state index contributed by atoms with van der Waals surface area (Å²) in [6.45, 7) is 6.89. The molecule has 68 valence electrons. The SMILES string of the molecule is CCCCSC(C)CCCC. The van der Waals surface area contributed by atoms with Crippen LogP contribution in [0.15, 0.2) is 0 Å². The molecule has 0 aromatic heterocycles. The lowest BCUT2D eigenvalue weighted by Crippen LogP contribution is -1.96. The first-order chi connectivity index (χ1) is 5.31. The molecule has 0 rings (SSSR count). The van der Waals surface area contributed by atoms with Gasteiger partial charge in [-0.25, -0.2) is 0 Å². The first-order valence-electron chi connectivity index (χ1n) is 4.92. The summed E-state index contributed by atoms with van der Waals surface area (Å²) >= 11 is 2.14. The average molecular weight is 174 g/mol. The average Bonchev–Trinajstić information content (AvgIpc) is 2.01. The van der Waals surface area contributed by atoms with Crippen molar-refractivity contribution in [1.82, 2.24) is 0 Å². The molecule has 0 heterocycles. The number of rotatable bonds is 7. The lowest BCUT2D eigenvalue weighted by Gasteiger charge is -2.08. The van der Waals surface area contributed by atoms with Gasteiger partial charge in [-0.15, -0.1) is 0 Å². The lowest BCUT2D eigenvalue weighted by molar-refractivity contribution is 0.712. The first kappa shape index (κ1) is 11.4. The van der Waals surface area contributed by atoms with Gasteiger partial charge in [0.05, 0.1) is 0 Å². The topological polar surface area (TPSA) is 0 Å². The van der Waals surface area contributed by atoms with E-state index in [1.807, 2.05) is 0 Å². The molecule has 0 aromatic carbocycles. The van der Waals surface area contributed by atoms with Gasteiger partial charge in [-0.1, -0.05) is 40.0 Å². The van der Waals surface area contributed by atoms with Crippen LogP contribution < -0.4 is 0 Å². The normalized spacial score (nSPS) is 13.4. The number of hydrogen-bond donors (Lipinski definition) is 0. The van der Waals surface area contributed by atoms with Crippen LogP contribution in [0.2, 0.25) is 0 Å². The Labute approximate surface area is 76.1 Å². The number of unbranched alkanes of at least 4 members (excludes halogenated alkanes) is 2. The predicted octanol–water partition coefficient (Wildman–Crippen LogP) is 4.10. The Hall–Kier alpha value is 0.350. The lowest BCUT2D eigenvalue weighted by atomic mass is 10.2. The third kappa shape index (κ3) is 8.25. The standard InChI is InChI=1S/C10H22S/c1-4-6-8-10(3)11-9-7-5-2/h10H,4-9H2,1-3H3. The number of hydrogen-bond acceptors (Lipinski definition) is 1. The molecule has 11 heavy (non-hydrogen) atoms. The summed E-state index contributed by atoms with van der Waals surface area (Å²) in [7, 11) is 0. The number of thioether (sulfide) groups is 1. The van der Waals surface area contributed by atoms with Gasteiger partial charge < -0.3 is 0 Å².